The molecule has 2 aromatic heterocycles. The number of amidine groups is 1. The van der Waals surface area contributed by atoms with Gasteiger partial charge in [-0.25, -0.2) is 14.8 Å². The quantitative estimate of drug-likeness (QED) is 0.240. The maximum atomic E-state index is 12.8. The molecule has 2 amide bonds. The number of carbonyl (C=O) groups is 2. The Morgan fingerprint density at radius 1 is 1.10 bits per heavy atom. The topological polar surface area (TPSA) is 144 Å². The van der Waals surface area contributed by atoms with Crippen molar-refractivity contribution in [2.45, 2.75) is 58.6 Å². The molecule has 1 aromatic carbocycles. The molecule has 1 aliphatic heterocycles. The number of hydrogen-bond donors (Lipinski definition) is 3. The highest BCUT2D eigenvalue weighted by Crippen LogP contribution is 2.30. The number of nitrogens with one attached hydrogen (secondary N) is 2. The molecule has 4 rings (SSSR count). The minimum absolute atomic E-state index is 0.191. The average Bonchev–Trinajstić information content (AvgIpc) is 3.41. The van der Waals surface area contributed by atoms with E-state index in [0.29, 0.717) is 59.7 Å². The first-order chi connectivity index (χ1) is 19.9. The van der Waals surface area contributed by atoms with Gasteiger partial charge in [0.1, 0.15) is 40.1 Å². The van der Waals surface area contributed by atoms with Gasteiger partial charge in [0.25, 0.3) is 5.91 Å². The van der Waals surface area contributed by atoms with Crippen LogP contribution in [-0.2, 0) is 4.74 Å². The molecule has 0 radical (unpaired) electrons. The molecule has 1 unspecified atom stereocenters. The smallest absolute Gasteiger partial charge is 0.410 e. The summed E-state index contributed by atoms with van der Waals surface area (Å²) in [4.78, 5) is 40.3. The van der Waals surface area contributed by atoms with Gasteiger partial charge in [0.05, 0.1) is 6.04 Å². The van der Waals surface area contributed by atoms with Crippen molar-refractivity contribution in [2.75, 3.05) is 30.8 Å². The van der Waals surface area contributed by atoms with Gasteiger partial charge in [-0.2, -0.15) is 0 Å². The fourth-order valence-corrected chi connectivity index (χ4v) is 4.43. The number of ether oxygens (including phenoxy) is 2. The number of nitrogens with zero attached hydrogens (tertiary/aromatic N) is 4. The number of hydrogen-bond acceptors (Lipinski definition) is 8. The van der Waals surface area contributed by atoms with Gasteiger partial charge in [-0.15, -0.1) is 0 Å². The first kappa shape index (κ1) is 30.3. The van der Waals surface area contributed by atoms with Crippen molar-refractivity contribution in [1.82, 2.24) is 14.9 Å². The second-order valence-corrected chi connectivity index (χ2v) is 11.4. The lowest BCUT2D eigenvalue weighted by Gasteiger charge is -2.24. The third kappa shape index (κ3) is 7.74. The molecule has 222 valence electrons. The maximum absolute atomic E-state index is 12.8. The Kier molecular flexibility index (Phi) is 9.29. The summed E-state index contributed by atoms with van der Waals surface area (Å²) in [5.41, 5.74) is 7.98. The molecule has 1 saturated heterocycles. The summed E-state index contributed by atoms with van der Waals surface area (Å²) in [7, 11) is 1.74. The van der Waals surface area contributed by atoms with Gasteiger partial charge < -0.3 is 30.7 Å². The summed E-state index contributed by atoms with van der Waals surface area (Å²) in [6.45, 7) is 10.6. The normalized spacial score (nSPS) is 15.5. The van der Waals surface area contributed by atoms with Gasteiger partial charge in [-0.05, 0) is 75.1 Å². The van der Waals surface area contributed by atoms with Crippen LogP contribution in [0.5, 0.6) is 11.5 Å². The van der Waals surface area contributed by atoms with Crippen LogP contribution in [0.2, 0.25) is 0 Å². The van der Waals surface area contributed by atoms with Gasteiger partial charge in [0.2, 0.25) is 0 Å². The molecule has 0 aliphatic carbocycles. The number of aromatic nitrogens is 2. The average molecular weight is 574 g/mol. The number of benzene rings is 1. The summed E-state index contributed by atoms with van der Waals surface area (Å²) < 4.78 is 11.7. The summed E-state index contributed by atoms with van der Waals surface area (Å²) in [5.74, 6) is 2.25. The number of amides is 2. The Morgan fingerprint density at radius 2 is 1.81 bits per heavy atom. The number of pyridine rings is 2. The van der Waals surface area contributed by atoms with Crippen molar-refractivity contribution < 1.29 is 19.1 Å². The molecule has 1 aliphatic rings. The first-order valence-corrected chi connectivity index (χ1v) is 14.0. The Bertz CT molecular complexity index is 1450. The van der Waals surface area contributed by atoms with Crippen molar-refractivity contribution in [3.63, 3.8) is 0 Å². The molecule has 11 nitrogen and oxygen atoms in total. The van der Waals surface area contributed by atoms with Crippen LogP contribution in [0.3, 0.4) is 0 Å². The highest BCUT2D eigenvalue weighted by atomic mass is 16.6. The zero-order chi connectivity index (χ0) is 30.4. The minimum Gasteiger partial charge on any atom is -0.456 e. The highest BCUT2D eigenvalue weighted by Gasteiger charge is 2.30. The third-order valence-electron chi connectivity index (χ3n) is 6.58. The fraction of sp³-hybridized carbons (Fsp3) is 0.387. The second-order valence-electron chi connectivity index (χ2n) is 11.4. The molecule has 11 heteroatoms. The highest BCUT2D eigenvalue weighted by molar-refractivity contribution is 6.05. The molecule has 1 atom stereocenters. The number of anilines is 2. The van der Waals surface area contributed by atoms with Crippen molar-refractivity contribution in [2.24, 2.45) is 10.7 Å². The SMILES string of the molecule is CNc1nccc(Oc2ccc(C(=O)Nc3cc(C(C)C)ccn3)cc2)c1C(N)=NC1CCN(C(=O)OC(C)(C)C)C1. The van der Waals surface area contributed by atoms with E-state index in [1.807, 2.05) is 32.9 Å². The van der Waals surface area contributed by atoms with Gasteiger partial charge in [-0.1, -0.05) is 13.8 Å². The molecule has 3 aromatic rings. The van der Waals surface area contributed by atoms with Crippen LogP contribution in [-0.4, -0.2) is 64.5 Å². The van der Waals surface area contributed by atoms with E-state index < -0.39 is 5.60 Å². The molecule has 1 fully saturated rings. The molecule has 42 heavy (non-hydrogen) atoms. The zero-order valence-corrected chi connectivity index (χ0v) is 25.0. The lowest BCUT2D eigenvalue weighted by atomic mass is 10.1. The van der Waals surface area contributed by atoms with Crippen LogP contribution < -0.4 is 21.1 Å². The van der Waals surface area contributed by atoms with Crippen LogP contribution in [0.25, 0.3) is 0 Å². The summed E-state index contributed by atoms with van der Waals surface area (Å²) in [6.07, 6.45) is 3.59. The van der Waals surface area contributed by atoms with E-state index in [2.05, 4.69) is 34.4 Å². The third-order valence-corrected chi connectivity index (χ3v) is 6.58. The van der Waals surface area contributed by atoms with Crippen LogP contribution in [0, 0.1) is 0 Å². The Labute approximate surface area is 246 Å². The summed E-state index contributed by atoms with van der Waals surface area (Å²) in [5, 5.41) is 5.89. The van der Waals surface area contributed by atoms with Crippen molar-refractivity contribution in [1.29, 1.82) is 0 Å². The van der Waals surface area contributed by atoms with E-state index in [-0.39, 0.29) is 23.9 Å². The van der Waals surface area contributed by atoms with E-state index in [4.69, 9.17) is 20.2 Å². The van der Waals surface area contributed by atoms with E-state index in [0.717, 1.165) is 5.56 Å². The van der Waals surface area contributed by atoms with Gasteiger partial charge in [-0.3, -0.25) is 9.79 Å². The summed E-state index contributed by atoms with van der Waals surface area (Å²) >= 11 is 0. The Morgan fingerprint density at radius 3 is 2.48 bits per heavy atom. The van der Waals surface area contributed by atoms with Gasteiger partial charge in [0.15, 0.2) is 0 Å². The molecule has 0 spiro atoms. The van der Waals surface area contributed by atoms with Crippen LogP contribution in [0.15, 0.2) is 59.9 Å². The molecule has 3 heterocycles. The van der Waals surface area contributed by atoms with Crippen LogP contribution in [0.1, 0.15) is 68.4 Å². The first-order valence-electron chi connectivity index (χ1n) is 14.0. The Hall–Kier alpha value is -4.67. The number of rotatable bonds is 8. The lowest BCUT2D eigenvalue weighted by Crippen LogP contribution is -2.35. The van der Waals surface area contributed by atoms with E-state index in [1.165, 1.54) is 0 Å². The standard InChI is InChI=1S/C31H39N7O4/c1-19(2)21-11-14-34-25(17-21)37-29(39)20-7-9-23(10-8-20)41-24-12-15-35-28(33-6)26(24)27(32)36-22-13-16-38(18-22)30(40)42-31(3,4)5/h7-12,14-15,17,19,22H,13,16,18H2,1-6H3,(H2,32,36)(H,33,35)(H,34,37,39). The Balaban J connectivity index is 1.47. The van der Waals surface area contributed by atoms with E-state index in [9.17, 15) is 9.59 Å². The second kappa shape index (κ2) is 12.9. The fourth-order valence-electron chi connectivity index (χ4n) is 4.43. The number of carbonyl (C=O) groups excluding carboxylic acids is 2. The number of nitrogens with two attached hydrogens (primary N) is 1. The predicted octanol–water partition coefficient (Wildman–Crippen LogP) is 5.40. The molecule has 4 N–H and O–H groups in total. The van der Waals surface area contributed by atoms with Gasteiger partial charge in [0, 0.05) is 44.2 Å². The van der Waals surface area contributed by atoms with Crippen LogP contribution >= 0.6 is 0 Å². The number of likely N-dealkylation sites (tertiary alicyclic amines) is 1. The number of aliphatic imine (C=N–C) groups is 1. The van der Waals surface area contributed by atoms with Crippen molar-refractivity contribution in [3.05, 3.63) is 71.5 Å². The molecule has 0 bridgehead atoms. The van der Waals surface area contributed by atoms with Gasteiger partial charge >= 0.3 is 6.09 Å². The van der Waals surface area contributed by atoms with E-state index in [1.54, 1.807) is 54.7 Å². The van der Waals surface area contributed by atoms with Crippen LogP contribution in [0.4, 0.5) is 16.4 Å². The lowest BCUT2D eigenvalue weighted by molar-refractivity contribution is 0.0292. The summed E-state index contributed by atoms with van der Waals surface area (Å²) in [6, 6.07) is 12.1. The van der Waals surface area contributed by atoms with Crippen molar-refractivity contribution in [3.8, 4) is 11.5 Å². The molecular formula is C31H39N7O4. The maximum Gasteiger partial charge on any atom is 0.410 e. The van der Waals surface area contributed by atoms with Crippen molar-refractivity contribution >= 4 is 29.5 Å². The zero-order valence-electron chi connectivity index (χ0n) is 25.0. The molecular weight excluding hydrogens is 534 g/mol. The monoisotopic (exact) mass is 573 g/mol. The minimum atomic E-state index is -0.570. The van der Waals surface area contributed by atoms with E-state index >= 15 is 0 Å². The largest absolute Gasteiger partial charge is 0.456 e. The predicted molar refractivity (Wildman–Crippen MR) is 164 cm³/mol. The molecule has 0 saturated carbocycles.